The van der Waals surface area contributed by atoms with E-state index in [-0.39, 0.29) is 18.6 Å². The first-order valence-corrected chi connectivity index (χ1v) is 7.94. The molecule has 2 N–H and O–H groups in total. The lowest BCUT2D eigenvalue weighted by atomic mass is 9.94. The number of carbonyl (C=O) groups is 1. The maximum absolute atomic E-state index is 12.3. The summed E-state index contributed by atoms with van der Waals surface area (Å²) in [6, 6.07) is 8.68. The van der Waals surface area contributed by atoms with Crippen molar-refractivity contribution < 1.29 is 9.53 Å². The molecule has 0 radical (unpaired) electrons. The summed E-state index contributed by atoms with van der Waals surface area (Å²) in [5.74, 6) is 0.111. The predicted molar refractivity (Wildman–Crippen MR) is 81.7 cm³/mol. The minimum Gasteiger partial charge on any atom is -0.368 e. The van der Waals surface area contributed by atoms with Crippen molar-refractivity contribution in [3.63, 3.8) is 0 Å². The highest BCUT2D eigenvalue weighted by molar-refractivity contribution is 5.77. The molecule has 1 heterocycles. The van der Waals surface area contributed by atoms with Gasteiger partial charge in [0.15, 0.2) is 0 Å². The second-order valence-corrected chi connectivity index (χ2v) is 6.18. The molecule has 2 aliphatic rings. The summed E-state index contributed by atoms with van der Waals surface area (Å²) >= 11 is 0. The maximum atomic E-state index is 12.3. The van der Waals surface area contributed by atoms with E-state index >= 15 is 0 Å². The van der Waals surface area contributed by atoms with Crippen LogP contribution in [-0.4, -0.2) is 36.1 Å². The standard InChI is InChI=1S/C17H24N2O2/c18-15-5-7-16(8-6-15)21-12-17(20)19-10-9-13-3-1-2-4-14(13)11-19/h1-4,15-16H,5-12,18H2. The molecular weight excluding hydrogens is 264 g/mol. The van der Waals surface area contributed by atoms with E-state index in [1.165, 1.54) is 11.1 Å². The number of ether oxygens (including phenoxy) is 1. The number of benzene rings is 1. The summed E-state index contributed by atoms with van der Waals surface area (Å²) in [5.41, 5.74) is 8.51. The van der Waals surface area contributed by atoms with Crippen molar-refractivity contribution in [1.29, 1.82) is 0 Å². The molecule has 1 saturated carbocycles. The largest absolute Gasteiger partial charge is 0.368 e. The Morgan fingerprint density at radius 2 is 1.90 bits per heavy atom. The molecule has 0 saturated heterocycles. The van der Waals surface area contributed by atoms with Crippen molar-refractivity contribution in [2.75, 3.05) is 13.2 Å². The number of carbonyl (C=O) groups excluding carboxylic acids is 1. The normalized spacial score (nSPS) is 25.5. The number of hydrogen-bond acceptors (Lipinski definition) is 3. The van der Waals surface area contributed by atoms with Crippen LogP contribution in [0.5, 0.6) is 0 Å². The van der Waals surface area contributed by atoms with Gasteiger partial charge in [-0.1, -0.05) is 24.3 Å². The zero-order valence-electron chi connectivity index (χ0n) is 12.5. The lowest BCUT2D eigenvalue weighted by molar-refractivity contribution is -0.139. The van der Waals surface area contributed by atoms with Gasteiger partial charge in [0.25, 0.3) is 0 Å². The molecule has 1 aromatic carbocycles. The number of hydrogen-bond donors (Lipinski definition) is 1. The van der Waals surface area contributed by atoms with E-state index < -0.39 is 0 Å². The van der Waals surface area contributed by atoms with Crippen LogP contribution in [0.25, 0.3) is 0 Å². The molecule has 0 aromatic heterocycles. The van der Waals surface area contributed by atoms with Crippen molar-refractivity contribution in [3.05, 3.63) is 35.4 Å². The molecule has 0 atom stereocenters. The van der Waals surface area contributed by atoms with Crippen LogP contribution in [0, 0.1) is 0 Å². The second-order valence-electron chi connectivity index (χ2n) is 6.18. The molecule has 0 spiro atoms. The molecule has 4 nitrogen and oxygen atoms in total. The van der Waals surface area contributed by atoms with Gasteiger partial charge in [0.05, 0.1) is 6.10 Å². The number of amides is 1. The second kappa shape index (κ2) is 6.58. The first kappa shape index (κ1) is 14.5. The van der Waals surface area contributed by atoms with Crippen LogP contribution in [-0.2, 0) is 22.5 Å². The van der Waals surface area contributed by atoms with Crippen LogP contribution in [0.4, 0.5) is 0 Å². The number of nitrogens with zero attached hydrogens (tertiary/aromatic N) is 1. The van der Waals surface area contributed by atoms with Crippen LogP contribution in [0.2, 0.25) is 0 Å². The third-order valence-electron chi connectivity index (χ3n) is 4.64. The molecule has 1 amide bonds. The molecule has 114 valence electrons. The Bertz CT molecular complexity index is 495. The SMILES string of the molecule is NC1CCC(OCC(=O)N2CCc3ccccc3C2)CC1. The Labute approximate surface area is 126 Å². The molecule has 21 heavy (non-hydrogen) atoms. The van der Waals surface area contributed by atoms with E-state index in [1.807, 2.05) is 11.0 Å². The fourth-order valence-electron chi connectivity index (χ4n) is 3.24. The monoisotopic (exact) mass is 288 g/mol. The Morgan fingerprint density at radius 1 is 1.19 bits per heavy atom. The highest BCUT2D eigenvalue weighted by atomic mass is 16.5. The predicted octanol–water partition coefficient (Wildman–Crippen LogP) is 1.86. The zero-order valence-corrected chi connectivity index (χ0v) is 12.5. The number of nitrogens with two attached hydrogens (primary N) is 1. The molecule has 3 rings (SSSR count). The first-order valence-electron chi connectivity index (χ1n) is 7.94. The molecule has 1 aliphatic heterocycles. The van der Waals surface area contributed by atoms with Crippen molar-refractivity contribution in [1.82, 2.24) is 4.90 Å². The lowest BCUT2D eigenvalue weighted by Gasteiger charge is -2.30. The fraction of sp³-hybridized carbons (Fsp3) is 0.588. The average molecular weight is 288 g/mol. The van der Waals surface area contributed by atoms with Gasteiger partial charge in [0.1, 0.15) is 6.61 Å². The first-order chi connectivity index (χ1) is 10.2. The Balaban J connectivity index is 1.48. The Kier molecular flexibility index (Phi) is 4.56. The van der Waals surface area contributed by atoms with E-state index in [0.29, 0.717) is 12.6 Å². The number of fused-ring (bicyclic) bond motifs is 1. The smallest absolute Gasteiger partial charge is 0.248 e. The van der Waals surface area contributed by atoms with Crippen molar-refractivity contribution >= 4 is 5.91 Å². The minimum absolute atomic E-state index is 0.111. The highest BCUT2D eigenvalue weighted by Gasteiger charge is 2.23. The molecule has 0 bridgehead atoms. The molecular formula is C17H24N2O2. The van der Waals surface area contributed by atoms with E-state index in [0.717, 1.165) is 38.6 Å². The van der Waals surface area contributed by atoms with Gasteiger partial charge in [0, 0.05) is 19.1 Å². The third-order valence-corrected chi connectivity index (χ3v) is 4.64. The molecule has 1 aliphatic carbocycles. The van der Waals surface area contributed by atoms with Crippen molar-refractivity contribution in [2.24, 2.45) is 5.73 Å². The van der Waals surface area contributed by atoms with Gasteiger partial charge in [-0.15, -0.1) is 0 Å². The van der Waals surface area contributed by atoms with E-state index in [1.54, 1.807) is 0 Å². The summed E-state index contributed by atoms with van der Waals surface area (Å²) < 4.78 is 5.79. The quantitative estimate of drug-likeness (QED) is 0.923. The van der Waals surface area contributed by atoms with Crippen molar-refractivity contribution in [2.45, 2.75) is 50.8 Å². The maximum Gasteiger partial charge on any atom is 0.248 e. The summed E-state index contributed by atoms with van der Waals surface area (Å²) in [5, 5.41) is 0. The summed E-state index contributed by atoms with van der Waals surface area (Å²) in [6.07, 6.45) is 5.14. The molecule has 0 unspecified atom stereocenters. The lowest BCUT2D eigenvalue weighted by Crippen LogP contribution is -2.39. The van der Waals surface area contributed by atoms with Gasteiger partial charge in [0.2, 0.25) is 5.91 Å². The fourth-order valence-corrected chi connectivity index (χ4v) is 3.24. The topological polar surface area (TPSA) is 55.6 Å². The van der Waals surface area contributed by atoms with E-state index in [2.05, 4.69) is 18.2 Å². The zero-order chi connectivity index (χ0) is 14.7. The van der Waals surface area contributed by atoms with Crippen LogP contribution in [0.1, 0.15) is 36.8 Å². The Morgan fingerprint density at radius 3 is 2.67 bits per heavy atom. The summed E-state index contributed by atoms with van der Waals surface area (Å²) in [7, 11) is 0. The highest BCUT2D eigenvalue weighted by Crippen LogP contribution is 2.21. The van der Waals surface area contributed by atoms with Gasteiger partial charge in [-0.3, -0.25) is 4.79 Å². The molecule has 4 heteroatoms. The van der Waals surface area contributed by atoms with Crippen LogP contribution >= 0.6 is 0 Å². The van der Waals surface area contributed by atoms with Crippen LogP contribution in [0.3, 0.4) is 0 Å². The summed E-state index contributed by atoms with van der Waals surface area (Å²) in [4.78, 5) is 14.2. The number of rotatable bonds is 3. The van der Waals surface area contributed by atoms with E-state index in [9.17, 15) is 4.79 Å². The Hall–Kier alpha value is -1.39. The van der Waals surface area contributed by atoms with Crippen molar-refractivity contribution in [3.8, 4) is 0 Å². The third kappa shape index (κ3) is 3.63. The van der Waals surface area contributed by atoms with Crippen LogP contribution in [0.15, 0.2) is 24.3 Å². The van der Waals surface area contributed by atoms with Gasteiger partial charge in [-0.25, -0.2) is 0 Å². The van der Waals surface area contributed by atoms with Gasteiger partial charge < -0.3 is 15.4 Å². The summed E-state index contributed by atoms with van der Waals surface area (Å²) in [6.45, 7) is 1.73. The van der Waals surface area contributed by atoms with Gasteiger partial charge in [-0.2, -0.15) is 0 Å². The van der Waals surface area contributed by atoms with Crippen LogP contribution < -0.4 is 5.73 Å². The van der Waals surface area contributed by atoms with Gasteiger partial charge >= 0.3 is 0 Å². The molecule has 1 aromatic rings. The minimum atomic E-state index is 0.111. The average Bonchev–Trinajstić information content (AvgIpc) is 2.53. The molecule has 1 fully saturated rings. The van der Waals surface area contributed by atoms with Gasteiger partial charge in [-0.05, 0) is 43.2 Å². The van der Waals surface area contributed by atoms with E-state index in [4.69, 9.17) is 10.5 Å².